The van der Waals surface area contributed by atoms with Gasteiger partial charge in [0.1, 0.15) is 47.5 Å². The molecule has 1 spiro atoms. The van der Waals surface area contributed by atoms with Gasteiger partial charge in [-0.25, -0.2) is 18.6 Å². The number of aromatic nitrogens is 5. The minimum Gasteiger partial charge on any atom is -0.461 e. The van der Waals surface area contributed by atoms with Gasteiger partial charge in [-0.05, 0) is 69.6 Å². The molecule has 0 radical (unpaired) electrons. The molecule has 1 amide bonds. The van der Waals surface area contributed by atoms with Crippen LogP contribution < -0.4 is 15.4 Å². The van der Waals surface area contributed by atoms with Crippen LogP contribution in [-0.2, 0) is 0 Å². The summed E-state index contributed by atoms with van der Waals surface area (Å²) in [7, 11) is 0. The number of nitriles is 1. The standard InChI is InChI=1S/C40H39ClF2N10O2S/c1-22-13-40(14-23(2)17-50(40)16-22)19-55-37-48-33-26(12-28(41)31(32(33)43)25-7-8-29(42)34-30(25)27(15-44)35(45)56-34)36(49-37)51-18-39(9-4-6-24(51)3)10-5-11-52(39)38(54)53-21-46-20-47-53/h7-8,12,20-21,24H,1-2,4-6,9-11,13-14,16-19,45H2,3H3/t24?,39-/m0/s1. The number of ether oxygens (including phenoxy) is 1. The van der Waals surface area contributed by atoms with Crippen LogP contribution in [0.3, 0.4) is 0 Å². The van der Waals surface area contributed by atoms with E-state index in [0.717, 1.165) is 80.5 Å². The van der Waals surface area contributed by atoms with E-state index < -0.39 is 17.2 Å². The van der Waals surface area contributed by atoms with Gasteiger partial charge in [0.25, 0.3) is 0 Å². The number of benzene rings is 2. The summed E-state index contributed by atoms with van der Waals surface area (Å²) < 4.78 is 40.5. The molecule has 2 N–H and O–H groups in total. The fraction of sp³-hybridized carbons (Fsp3) is 0.400. The highest BCUT2D eigenvalue weighted by Gasteiger charge is 2.49. The van der Waals surface area contributed by atoms with Crippen molar-refractivity contribution in [2.45, 2.75) is 69.0 Å². The number of carbonyl (C=O) groups is 1. The van der Waals surface area contributed by atoms with Gasteiger partial charge in [0, 0.05) is 48.6 Å². The van der Waals surface area contributed by atoms with E-state index in [1.165, 1.54) is 29.5 Å². The summed E-state index contributed by atoms with van der Waals surface area (Å²) in [5.41, 5.74) is 7.61. The normalized spacial score (nSPS) is 22.4. The smallest absolute Gasteiger partial charge is 0.346 e. The topological polar surface area (TPSA) is 142 Å². The average Bonchev–Trinajstić information content (AvgIpc) is 3.98. The minimum atomic E-state index is -0.771. The van der Waals surface area contributed by atoms with Gasteiger partial charge < -0.3 is 20.3 Å². The molecule has 0 saturated carbocycles. The number of rotatable bonds is 5. The first kappa shape index (κ1) is 36.5. The molecule has 2 atom stereocenters. The maximum Gasteiger partial charge on any atom is 0.346 e. The SMILES string of the molecule is C=C1CN2CC(=C)CC2(COc2nc(N3C[C@]4(CCCC3C)CCCN4C(=O)n3cncn3)c3cc(Cl)c(-c4ccc(F)c5sc(N)c(C#N)c45)c(F)c3n2)C1. The lowest BCUT2D eigenvalue weighted by Gasteiger charge is -2.42. The molecule has 2 aromatic carbocycles. The van der Waals surface area contributed by atoms with Crippen molar-refractivity contribution in [1.29, 1.82) is 5.26 Å². The first-order chi connectivity index (χ1) is 26.9. The fourth-order valence-corrected chi connectivity index (χ4v) is 10.9. The fourth-order valence-electron chi connectivity index (χ4n) is 9.66. The molecular weight excluding hydrogens is 758 g/mol. The summed E-state index contributed by atoms with van der Waals surface area (Å²) in [6, 6.07) is 5.99. The Balaban J connectivity index is 1.21. The van der Waals surface area contributed by atoms with E-state index in [1.807, 2.05) is 4.90 Å². The highest BCUT2D eigenvalue weighted by atomic mass is 35.5. The van der Waals surface area contributed by atoms with Gasteiger partial charge in [-0.1, -0.05) is 42.0 Å². The van der Waals surface area contributed by atoms with Crippen LogP contribution in [-0.4, -0.2) is 90.5 Å². The van der Waals surface area contributed by atoms with Crippen LogP contribution in [0.2, 0.25) is 5.02 Å². The number of hydrogen-bond acceptors (Lipinski definition) is 11. The molecule has 4 saturated heterocycles. The van der Waals surface area contributed by atoms with E-state index in [-0.39, 0.29) is 72.5 Å². The average molecular weight is 797 g/mol. The summed E-state index contributed by atoms with van der Waals surface area (Å²) in [6.07, 6.45) is 8.19. The summed E-state index contributed by atoms with van der Waals surface area (Å²) in [6.45, 7) is 13.3. The van der Waals surface area contributed by atoms with E-state index >= 15 is 8.78 Å². The Hall–Kier alpha value is -5.17. The number of anilines is 2. The van der Waals surface area contributed by atoms with Gasteiger partial charge >= 0.3 is 12.0 Å². The van der Waals surface area contributed by atoms with Crippen LogP contribution in [0, 0.1) is 23.0 Å². The van der Waals surface area contributed by atoms with Crippen molar-refractivity contribution in [2.75, 3.05) is 43.4 Å². The Kier molecular flexibility index (Phi) is 8.79. The van der Waals surface area contributed by atoms with Crippen molar-refractivity contribution in [1.82, 2.24) is 34.5 Å². The maximum absolute atomic E-state index is 17.5. The van der Waals surface area contributed by atoms with E-state index in [1.54, 1.807) is 6.07 Å². The van der Waals surface area contributed by atoms with Crippen molar-refractivity contribution < 1.29 is 18.3 Å². The second kappa shape index (κ2) is 13.5. The molecule has 288 valence electrons. The highest BCUT2D eigenvalue weighted by molar-refractivity contribution is 7.23. The Morgan fingerprint density at radius 2 is 1.95 bits per heavy atom. The molecule has 0 aliphatic carbocycles. The van der Waals surface area contributed by atoms with E-state index in [9.17, 15) is 10.1 Å². The maximum atomic E-state index is 17.5. The number of nitrogens with two attached hydrogens (primary N) is 1. The summed E-state index contributed by atoms with van der Waals surface area (Å²) in [4.78, 5) is 34.0. The lowest BCUT2D eigenvalue weighted by atomic mass is 9.90. The molecule has 0 bridgehead atoms. The number of halogens is 3. The lowest BCUT2D eigenvalue weighted by Crippen LogP contribution is -2.55. The molecule has 56 heavy (non-hydrogen) atoms. The van der Waals surface area contributed by atoms with Crippen LogP contribution in [0.1, 0.15) is 57.4 Å². The molecule has 12 nitrogen and oxygen atoms in total. The number of nitrogens with zero attached hydrogens (tertiary/aromatic N) is 9. The Morgan fingerprint density at radius 3 is 2.68 bits per heavy atom. The molecule has 4 aliphatic heterocycles. The number of amides is 1. The third-order valence-electron chi connectivity index (χ3n) is 12.1. The molecule has 3 aromatic heterocycles. The number of carbonyl (C=O) groups excluding carboxylic acids is 1. The van der Waals surface area contributed by atoms with Gasteiger partial charge in [-0.3, -0.25) is 4.90 Å². The Morgan fingerprint density at radius 1 is 1.18 bits per heavy atom. The zero-order valence-corrected chi connectivity index (χ0v) is 32.4. The zero-order chi connectivity index (χ0) is 39.1. The number of fused-ring (bicyclic) bond motifs is 3. The van der Waals surface area contributed by atoms with Crippen LogP contribution in [0.15, 0.2) is 55.2 Å². The third kappa shape index (κ3) is 5.71. The minimum absolute atomic E-state index is 0.0155. The van der Waals surface area contributed by atoms with E-state index in [4.69, 9.17) is 32.0 Å². The third-order valence-corrected chi connectivity index (χ3v) is 13.5. The van der Waals surface area contributed by atoms with Gasteiger partial charge in [-0.2, -0.15) is 25.0 Å². The summed E-state index contributed by atoms with van der Waals surface area (Å²) in [5.74, 6) is -0.926. The predicted octanol–water partition coefficient (Wildman–Crippen LogP) is 7.71. The van der Waals surface area contributed by atoms with Crippen LogP contribution in [0.4, 0.5) is 24.4 Å². The first-order valence-corrected chi connectivity index (χ1v) is 19.9. The van der Waals surface area contributed by atoms with Crippen molar-refractivity contribution in [3.8, 4) is 23.2 Å². The van der Waals surface area contributed by atoms with Crippen molar-refractivity contribution >= 4 is 60.8 Å². The van der Waals surface area contributed by atoms with E-state index in [2.05, 4.69) is 46.0 Å². The number of nitrogen functional groups attached to an aromatic ring is 1. The number of hydrogen-bond donors (Lipinski definition) is 1. The van der Waals surface area contributed by atoms with E-state index in [0.29, 0.717) is 24.3 Å². The van der Waals surface area contributed by atoms with Gasteiger partial charge in [0.05, 0.1) is 26.4 Å². The molecule has 9 rings (SSSR count). The largest absolute Gasteiger partial charge is 0.461 e. The Bertz CT molecular complexity index is 2500. The van der Waals surface area contributed by atoms with Crippen molar-refractivity contribution in [2.24, 2.45) is 0 Å². The number of likely N-dealkylation sites (tertiary alicyclic amines) is 1. The van der Waals surface area contributed by atoms with Gasteiger partial charge in [-0.15, -0.1) is 11.3 Å². The summed E-state index contributed by atoms with van der Waals surface area (Å²) in [5, 5.41) is 14.8. The molecule has 7 heterocycles. The molecule has 1 unspecified atom stereocenters. The second-order valence-electron chi connectivity index (χ2n) is 15.7. The van der Waals surface area contributed by atoms with Gasteiger partial charge in [0.15, 0.2) is 5.82 Å². The molecule has 16 heteroatoms. The molecule has 4 fully saturated rings. The van der Waals surface area contributed by atoms with Crippen LogP contribution in [0.5, 0.6) is 6.01 Å². The molecule has 5 aromatic rings. The zero-order valence-electron chi connectivity index (χ0n) is 30.8. The van der Waals surface area contributed by atoms with Crippen LogP contribution in [0.25, 0.3) is 32.1 Å². The second-order valence-corrected chi connectivity index (χ2v) is 17.2. The Labute approximate surface area is 330 Å². The monoisotopic (exact) mass is 796 g/mol. The first-order valence-electron chi connectivity index (χ1n) is 18.7. The quantitative estimate of drug-likeness (QED) is 0.176. The predicted molar refractivity (Wildman–Crippen MR) is 212 cm³/mol. The number of thiophene rings is 1. The highest BCUT2D eigenvalue weighted by Crippen LogP contribution is 2.48. The van der Waals surface area contributed by atoms with Crippen LogP contribution >= 0.6 is 22.9 Å². The molecule has 4 aliphatic rings. The summed E-state index contributed by atoms with van der Waals surface area (Å²) >= 11 is 7.97. The van der Waals surface area contributed by atoms with Gasteiger partial charge in [0.2, 0.25) is 0 Å². The molecular formula is C40H39ClF2N10O2S. The van der Waals surface area contributed by atoms with Crippen molar-refractivity contribution in [3.05, 3.63) is 77.4 Å². The van der Waals surface area contributed by atoms with Crippen molar-refractivity contribution in [3.63, 3.8) is 0 Å². The lowest BCUT2D eigenvalue weighted by molar-refractivity contribution is 0.108.